The van der Waals surface area contributed by atoms with Gasteiger partial charge in [-0.05, 0) is 53.8 Å². The van der Waals surface area contributed by atoms with Gasteiger partial charge in [-0.2, -0.15) is 0 Å². The summed E-state index contributed by atoms with van der Waals surface area (Å²) < 4.78 is 0. The number of carbonyl (C=O) groups is 6. The fourth-order valence-electron chi connectivity index (χ4n) is 7.54. The van der Waals surface area contributed by atoms with Gasteiger partial charge < -0.3 is 26.6 Å². The van der Waals surface area contributed by atoms with Crippen LogP contribution in [0.25, 0.3) is 0 Å². The largest absolute Gasteiger partial charge is 0.363 e. The molecule has 246 valence electrons. The molecule has 3 saturated carbocycles. The summed E-state index contributed by atoms with van der Waals surface area (Å²) in [5.41, 5.74) is 4.41. The van der Waals surface area contributed by atoms with E-state index >= 15 is 0 Å². The molecule has 3 aliphatic carbocycles. The zero-order valence-electron chi connectivity index (χ0n) is 27.5. The topological polar surface area (TPSA) is 168 Å². The van der Waals surface area contributed by atoms with Crippen molar-refractivity contribution in [2.45, 2.75) is 124 Å². The summed E-state index contributed by atoms with van der Waals surface area (Å²) in [4.78, 5) is 80.6. The van der Waals surface area contributed by atoms with Crippen LogP contribution in [0.15, 0.2) is 0 Å². The van der Waals surface area contributed by atoms with Gasteiger partial charge in [0.15, 0.2) is 5.78 Å². The van der Waals surface area contributed by atoms with Crippen molar-refractivity contribution in [2.75, 3.05) is 6.54 Å². The summed E-state index contributed by atoms with van der Waals surface area (Å²) in [6, 6.07) is -4.06. The SMILES string of the molecule is CC(C)C(=O)[C@@H](NC(=O)N[C@H](C(=O)N1C[C@H]2[C@@H]([C@H]1C(=O)NC(CC1CC1)C(=O)C(N)=O)C2(C)C)C(C)(C)C)C1CCCCC1. The highest BCUT2D eigenvalue weighted by atomic mass is 16.2. The van der Waals surface area contributed by atoms with Gasteiger partial charge in [0.1, 0.15) is 12.1 Å². The van der Waals surface area contributed by atoms with Crippen LogP contribution < -0.4 is 21.7 Å². The normalized spacial score (nSPS) is 26.6. The van der Waals surface area contributed by atoms with Gasteiger partial charge in [-0.1, -0.05) is 80.6 Å². The highest BCUT2D eigenvalue weighted by Crippen LogP contribution is 2.65. The van der Waals surface area contributed by atoms with Gasteiger partial charge in [0.2, 0.25) is 17.6 Å². The first-order chi connectivity index (χ1) is 20.4. The number of urea groups is 1. The summed E-state index contributed by atoms with van der Waals surface area (Å²) in [6.45, 7) is 13.7. The molecule has 0 radical (unpaired) electrons. The maximum Gasteiger partial charge on any atom is 0.316 e. The number of Topliss-reactive ketones (excluding diaryl/α,β-unsaturated/α-hetero) is 2. The number of carbonyl (C=O) groups excluding carboxylic acids is 6. The molecule has 1 saturated heterocycles. The van der Waals surface area contributed by atoms with Crippen LogP contribution >= 0.6 is 0 Å². The minimum atomic E-state index is -1.09. The predicted molar refractivity (Wildman–Crippen MR) is 165 cm³/mol. The number of rotatable bonds is 12. The Labute approximate surface area is 261 Å². The molecular weight excluding hydrogens is 562 g/mol. The molecule has 5 amide bonds. The molecule has 1 unspecified atom stereocenters. The van der Waals surface area contributed by atoms with Crippen molar-refractivity contribution < 1.29 is 28.8 Å². The lowest BCUT2D eigenvalue weighted by Gasteiger charge is -2.38. The summed E-state index contributed by atoms with van der Waals surface area (Å²) >= 11 is 0. The number of amides is 5. The lowest BCUT2D eigenvalue weighted by molar-refractivity contribution is -0.145. The van der Waals surface area contributed by atoms with Crippen LogP contribution in [0.4, 0.5) is 4.79 Å². The molecule has 5 N–H and O–H groups in total. The third kappa shape index (κ3) is 7.28. The fraction of sp³-hybridized carbons (Fsp3) is 0.818. The minimum Gasteiger partial charge on any atom is -0.363 e. The van der Waals surface area contributed by atoms with E-state index in [9.17, 15) is 28.8 Å². The number of fused-ring (bicyclic) bond motifs is 1. The van der Waals surface area contributed by atoms with Crippen LogP contribution in [0.5, 0.6) is 0 Å². The molecule has 1 heterocycles. The van der Waals surface area contributed by atoms with Crippen LogP contribution in [0.1, 0.15) is 99.8 Å². The fourth-order valence-corrected chi connectivity index (χ4v) is 7.54. The summed E-state index contributed by atoms with van der Waals surface area (Å²) in [6.07, 6.45) is 7.08. The first kappa shape index (κ1) is 33.9. The predicted octanol–water partition coefficient (Wildman–Crippen LogP) is 2.70. The summed E-state index contributed by atoms with van der Waals surface area (Å²) in [5, 5.41) is 8.57. The van der Waals surface area contributed by atoms with Crippen LogP contribution in [0.3, 0.4) is 0 Å². The molecule has 6 atom stereocenters. The van der Waals surface area contributed by atoms with E-state index in [1.807, 2.05) is 34.6 Å². The standard InChI is InChI=1S/C33H53N5O6/c1-17(2)25(39)23(19-11-9-8-10-12-19)36-31(44)37-27(32(3,4)5)30(43)38-16-20-22(33(20,6)7)24(38)29(42)35-21(15-18-13-14-18)26(40)28(34)41/h17-24,27H,8-16H2,1-7H3,(H2,34,41)(H,35,42)(H2,36,37,44)/t20-,21?,22-,23-,24-,27+/m0/s1. The van der Waals surface area contributed by atoms with E-state index in [4.69, 9.17) is 5.73 Å². The Morgan fingerprint density at radius 3 is 2.05 bits per heavy atom. The Kier molecular flexibility index (Phi) is 9.86. The van der Waals surface area contributed by atoms with E-state index in [-0.39, 0.29) is 46.7 Å². The molecule has 0 bridgehead atoms. The number of likely N-dealkylation sites (tertiary alicyclic amines) is 1. The molecule has 4 aliphatic rings. The number of nitrogens with one attached hydrogen (secondary N) is 3. The van der Waals surface area contributed by atoms with Gasteiger partial charge in [0.05, 0.1) is 12.1 Å². The molecule has 11 heteroatoms. The van der Waals surface area contributed by atoms with E-state index in [1.165, 1.54) is 4.90 Å². The van der Waals surface area contributed by atoms with Crippen LogP contribution in [0, 0.1) is 40.4 Å². The van der Waals surface area contributed by atoms with Gasteiger partial charge >= 0.3 is 6.03 Å². The van der Waals surface area contributed by atoms with E-state index in [1.54, 1.807) is 0 Å². The zero-order valence-corrected chi connectivity index (χ0v) is 27.5. The molecular formula is C33H53N5O6. The number of primary amides is 1. The van der Waals surface area contributed by atoms with E-state index in [0.717, 1.165) is 44.9 Å². The lowest BCUT2D eigenvalue weighted by Crippen LogP contribution is -2.62. The molecule has 11 nitrogen and oxygen atoms in total. The molecule has 0 aromatic rings. The number of ketones is 2. The second-order valence-electron chi connectivity index (χ2n) is 15.7. The molecule has 1 aliphatic heterocycles. The van der Waals surface area contributed by atoms with Crippen molar-refractivity contribution >= 4 is 35.3 Å². The molecule has 0 aromatic carbocycles. The quantitative estimate of drug-likeness (QED) is 0.246. The number of hydrogen-bond donors (Lipinski definition) is 4. The van der Waals surface area contributed by atoms with Crippen molar-refractivity contribution in [3.8, 4) is 0 Å². The summed E-state index contributed by atoms with van der Waals surface area (Å²) in [5.74, 6) is -2.78. The Hall–Kier alpha value is -2.98. The Morgan fingerprint density at radius 2 is 1.52 bits per heavy atom. The first-order valence-corrected chi connectivity index (χ1v) is 16.5. The smallest absolute Gasteiger partial charge is 0.316 e. The average molecular weight is 616 g/mol. The van der Waals surface area contributed by atoms with Crippen LogP contribution in [0.2, 0.25) is 0 Å². The van der Waals surface area contributed by atoms with E-state index < -0.39 is 53.2 Å². The Bertz CT molecular complexity index is 1170. The summed E-state index contributed by atoms with van der Waals surface area (Å²) in [7, 11) is 0. The average Bonchev–Trinajstić information content (AvgIpc) is 3.80. The monoisotopic (exact) mass is 615 g/mol. The third-order valence-electron chi connectivity index (χ3n) is 10.6. The molecule has 4 fully saturated rings. The molecule has 4 rings (SSSR count). The van der Waals surface area contributed by atoms with Gasteiger partial charge in [0, 0.05) is 12.5 Å². The van der Waals surface area contributed by atoms with Crippen molar-refractivity contribution in [3.05, 3.63) is 0 Å². The van der Waals surface area contributed by atoms with E-state index in [0.29, 0.717) is 13.0 Å². The second kappa shape index (κ2) is 12.8. The van der Waals surface area contributed by atoms with Crippen molar-refractivity contribution in [1.82, 2.24) is 20.9 Å². The maximum atomic E-state index is 14.3. The highest BCUT2D eigenvalue weighted by molar-refractivity contribution is 6.37. The minimum absolute atomic E-state index is 0.0180. The molecule has 0 aromatic heterocycles. The van der Waals surface area contributed by atoms with Crippen LogP contribution in [-0.2, 0) is 24.0 Å². The lowest BCUT2D eigenvalue weighted by atomic mass is 9.80. The van der Waals surface area contributed by atoms with Gasteiger partial charge in [-0.25, -0.2) is 4.79 Å². The number of hydrogen-bond acceptors (Lipinski definition) is 6. The zero-order chi connectivity index (χ0) is 32.7. The van der Waals surface area contributed by atoms with Crippen molar-refractivity contribution in [3.63, 3.8) is 0 Å². The number of nitrogens with two attached hydrogens (primary N) is 1. The van der Waals surface area contributed by atoms with Crippen LogP contribution in [-0.4, -0.2) is 70.9 Å². The maximum absolute atomic E-state index is 14.3. The van der Waals surface area contributed by atoms with Crippen molar-refractivity contribution in [1.29, 1.82) is 0 Å². The number of piperidine rings is 1. The van der Waals surface area contributed by atoms with Gasteiger partial charge in [0.25, 0.3) is 5.91 Å². The van der Waals surface area contributed by atoms with Gasteiger partial charge in [-0.3, -0.25) is 24.0 Å². The van der Waals surface area contributed by atoms with Gasteiger partial charge in [-0.15, -0.1) is 0 Å². The molecule has 44 heavy (non-hydrogen) atoms. The first-order valence-electron chi connectivity index (χ1n) is 16.5. The highest BCUT2D eigenvalue weighted by Gasteiger charge is 2.70. The second-order valence-corrected chi connectivity index (χ2v) is 15.7. The Morgan fingerprint density at radius 1 is 0.909 bits per heavy atom. The Balaban J connectivity index is 1.53. The van der Waals surface area contributed by atoms with Crippen molar-refractivity contribution in [2.24, 2.45) is 46.2 Å². The number of nitrogens with zero attached hydrogens (tertiary/aromatic N) is 1. The third-order valence-corrected chi connectivity index (χ3v) is 10.6. The van der Waals surface area contributed by atoms with E-state index in [2.05, 4.69) is 29.8 Å². The molecule has 0 spiro atoms.